The molecule has 1 saturated carbocycles. The highest BCUT2D eigenvalue weighted by Crippen LogP contribution is 2.33. The van der Waals surface area contributed by atoms with Gasteiger partial charge in [-0.25, -0.2) is 0 Å². The third-order valence-electron chi connectivity index (χ3n) is 4.03. The van der Waals surface area contributed by atoms with E-state index in [1.165, 1.54) is 25.7 Å². The molecule has 1 aromatic heterocycles. The summed E-state index contributed by atoms with van der Waals surface area (Å²) in [7, 11) is 0. The topological polar surface area (TPSA) is 37.8 Å². The van der Waals surface area contributed by atoms with Crippen LogP contribution in [0, 0.1) is 17.8 Å². The van der Waals surface area contributed by atoms with Gasteiger partial charge in [-0.3, -0.25) is 0 Å². The van der Waals surface area contributed by atoms with Crippen LogP contribution in [0.25, 0.3) is 0 Å². The SMILES string of the molecule is CC(C)Cc1nnc(NC2CCCCC2C(C)C)s1. The fourth-order valence-electron chi connectivity index (χ4n) is 3.04. The van der Waals surface area contributed by atoms with Crippen LogP contribution in [-0.2, 0) is 6.42 Å². The van der Waals surface area contributed by atoms with Crippen molar-refractivity contribution in [1.82, 2.24) is 10.2 Å². The van der Waals surface area contributed by atoms with Crippen LogP contribution in [0.4, 0.5) is 5.13 Å². The van der Waals surface area contributed by atoms with Crippen LogP contribution < -0.4 is 5.32 Å². The van der Waals surface area contributed by atoms with Gasteiger partial charge in [-0.15, -0.1) is 10.2 Å². The normalized spacial score (nSPS) is 24.1. The van der Waals surface area contributed by atoms with Crippen LogP contribution in [0.15, 0.2) is 0 Å². The number of hydrogen-bond donors (Lipinski definition) is 1. The molecular formula is C15H27N3S. The molecule has 0 saturated heterocycles. The Balaban J connectivity index is 1.96. The van der Waals surface area contributed by atoms with E-state index in [2.05, 4.69) is 43.2 Å². The zero-order valence-electron chi connectivity index (χ0n) is 12.6. The van der Waals surface area contributed by atoms with Gasteiger partial charge < -0.3 is 5.32 Å². The van der Waals surface area contributed by atoms with Gasteiger partial charge in [-0.05, 0) is 30.6 Å². The van der Waals surface area contributed by atoms with Gasteiger partial charge in [0.15, 0.2) is 0 Å². The van der Waals surface area contributed by atoms with Gasteiger partial charge in [-0.1, -0.05) is 51.9 Å². The Hall–Kier alpha value is -0.640. The van der Waals surface area contributed by atoms with E-state index in [0.717, 1.165) is 28.4 Å². The monoisotopic (exact) mass is 281 g/mol. The zero-order chi connectivity index (χ0) is 13.8. The minimum atomic E-state index is 0.591. The molecule has 2 unspecified atom stereocenters. The third kappa shape index (κ3) is 4.16. The van der Waals surface area contributed by atoms with Gasteiger partial charge in [0.25, 0.3) is 0 Å². The first-order valence-corrected chi connectivity index (χ1v) is 8.46. The average Bonchev–Trinajstić information content (AvgIpc) is 2.76. The molecule has 1 heterocycles. The Bertz CT molecular complexity index is 386. The second-order valence-corrected chi connectivity index (χ2v) is 7.60. The average molecular weight is 281 g/mol. The molecule has 0 aliphatic heterocycles. The summed E-state index contributed by atoms with van der Waals surface area (Å²) >= 11 is 1.74. The quantitative estimate of drug-likeness (QED) is 0.871. The Kier molecular flexibility index (Phi) is 5.20. The lowest BCUT2D eigenvalue weighted by atomic mass is 9.78. The van der Waals surface area contributed by atoms with E-state index >= 15 is 0 Å². The van der Waals surface area contributed by atoms with E-state index in [-0.39, 0.29) is 0 Å². The highest BCUT2D eigenvalue weighted by molar-refractivity contribution is 7.15. The van der Waals surface area contributed by atoms with Crippen molar-refractivity contribution in [3.63, 3.8) is 0 Å². The molecule has 1 fully saturated rings. The van der Waals surface area contributed by atoms with Gasteiger partial charge in [0.1, 0.15) is 5.01 Å². The van der Waals surface area contributed by atoms with Crippen molar-refractivity contribution >= 4 is 16.5 Å². The molecule has 0 aromatic carbocycles. The van der Waals surface area contributed by atoms with Crippen molar-refractivity contribution in [2.45, 2.75) is 65.8 Å². The minimum absolute atomic E-state index is 0.591. The number of hydrogen-bond acceptors (Lipinski definition) is 4. The molecule has 0 spiro atoms. The van der Waals surface area contributed by atoms with Crippen LogP contribution in [0.2, 0.25) is 0 Å². The fraction of sp³-hybridized carbons (Fsp3) is 0.867. The lowest BCUT2D eigenvalue weighted by Gasteiger charge is -2.34. The molecule has 2 atom stereocenters. The van der Waals surface area contributed by atoms with Crippen LogP contribution >= 0.6 is 11.3 Å². The summed E-state index contributed by atoms with van der Waals surface area (Å²) in [6.07, 6.45) is 6.40. The predicted molar refractivity (Wildman–Crippen MR) is 82.7 cm³/mol. The molecule has 1 aromatic rings. The summed E-state index contributed by atoms with van der Waals surface area (Å²) in [6.45, 7) is 9.14. The summed E-state index contributed by atoms with van der Waals surface area (Å²) in [5.74, 6) is 2.19. The molecular weight excluding hydrogens is 254 g/mol. The molecule has 1 aliphatic carbocycles. The highest BCUT2D eigenvalue weighted by Gasteiger charge is 2.28. The van der Waals surface area contributed by atoms with Crippen molar-refractivity contribution in [3.8, 4) is 0 Å². The van der Waals surface area contributed by atoms with Gasteiger partial charge >= 0.3 is 0 Å². The zero-order valence-corrected chi connectivity index (χ0v) is 13.5. The number of rotatable bonds is 5. The molecule has 0 amide bonds. The van der Waals surface area contributed by atoms with E-state index in [1.54, 1.807) is 11.3 Å². The van der Waals surface area contributed by atoms with Crippen LogP contribution in [0.5, 0.6) is 0 Å². The first-order valence-electron chi connectivity index (χ1n) is 7.65. The Morgan fingerprint density at radius 1 is 1.16 bits per heavy atom. The van der Waals surface area contributed by atoms with E-state index < -0.39 is 0 Å². The maximum Gasteiger partial charge on any atom is 0.205 e. The summed E-state index contributed by atoms with van der Waals surface area (Å²) in [5.41, 5.74) is 0. The van der Waals surface area contributed by atoms with Gasteiger partial charge in [0, 0.05) is 12.5 Å². The smallest absolute Gasteiger partial charge is 0.205 e. The van der Waals surface area contributed by atoms with Crippen LogP contribution in [-0.4, -0.2) is 16.2 Å². The molecule has 0 radical (unpaired) electrons. The lowest BCUT2D eigenvalue weighted by molar-refractivity contribution is 0.253. The summed E-state index contributed by atoms with van der Waals surface area (Å²) in [4.78, 5) is 0. The second-order valence-electron chi connectivity index (χ2n) is 6.54. The van der Waals surface area contributed by atoms with Gasteiger partial charge in [0.05, 0.1) is 0 Å². The number of nitrogens with one attached hydrogen (secondary N) is 1. The first kappa shape index (κ1) is 14.8. The summed E-state index contributed by atoms with van der Waals surface area (Å²) < 4.78 is 0. The van der Waals surface area contributed by atoms with Crippen LogP contribution in [0.1, 0.15) is 58.4 Å². The summed E-state index contributed by atoms with van der Waals surface area (Å²) in [5, 5.41) is 14.4. The maximum atomic E-state index is 4.31. The minimum Gasteiger partial charge on any atom is -0.357 e. The molecule has 0 bridgehead atoms. The lowest BCUT2D eigenvalue weighted by Crippen LogP contribution is -2.35. The van der Waals surface area contributed by atoms with E-state index in [1.807, 2.05) is 0 Å². The van der Waals surface area contributed by atoms with Crippen molar-refractivity contribution < 1.29 is 0 Å². The standard InChI is InChI=1S/C15H27N3S/c1-10(2)9-14-17-18-15(19-14)16-13-8-6-5-7-12(13)11(3)4/h10-13H,5-9H2,1-4H3,(H,16,18). The molecule has 3 nitrogen and oxygen atoms in total. The van der Waals surface area contributed by atoms with Gasteiger partial charge in [0.2, 0.25) is 5.13 Å². The molecule has 108 valence electrons. The Morgan fingerprint density at radius 3 is 2.58 bits per heavy atom. The van der Waals surface area contributed by atoms with Crippen molar-refractivity contribution in [2.24, 2.45) is 17.8 Å². The van der Waals surface area contributed by atoms with E-state index in [4.69, 9.17) is 0 Å². The number of anilines is 1. The first-order chi connectivity index (χ1) is 9.06. The Labute approximate surface area is 121 Å². The molecule has 19 heavy (non-hydrogen) atoms. The van der Waals surface area contributed by atoms with Crippen molar-refractivity contribution in [1.29, 1.82) is 0 Å². The van der Waals surface area contributed by atoms with Crippen LogP contribution in [0.3, 0.4) is 0 Å². The van der Waals surface area contributed by atoms with E-state index in [9.17, 15) is 0 Å². The second kappa shape index (κ2) is 6.69. The Morgan fingerprint density at radius 2 is 1.89 bits per heavy atom. The summed E-state index contributed by atoms with van der Waals surface area (Å²) in [6, 6.07) is 0.591. The molecule has 1 N–H and O–H groups in total. The number of nitrogens with zero attached hydrogens (tertiary/aromatic N) is 2. The molecule has 2 rings (SSSR count). The van der Waals surface area contributed by atoms with Crippen molar-refractivity contribution in [3.05, 3.63) is 5.01 Å². The van der Waals surface area contributed by atoms with E-state index in [0.29, 0.717) is 12.0 Å². The highest BCUT2D eigenvalue weighted by atomic mass is 32.1. The maximum absolute atomic E-state index is 4.31. The number of aromatic nitrogens is 2. The fourth-order valence-corrected chi connectivity index (χ4v) is 4.05. The molecule has 4 heteroatoms. The molecule has 1 aliphatic rings. The van der Waals surface area contributed by atoms with Crippen molar-refractivity contribution in [2.75, 3.05) is 5.32 Å². The van der Waals surface area contributed by atoms with Gasteiger partial charge in [-0.2, -0.15) is 0 Å². The third-order valence-corrected chi connectivity index (χ3v) is 4.91. The predicted octanol–water partition coefficient (Wildman–Crippen LogP) is 4.36. The largest absolute Gasteiger partial charge is 0.357 e.